The van der Waals surface area contributed by atoms with Crippen LogP contribution in [0.1, 0.15) is 45.4 Å². The molecule has 110 valence electrons. The third-order valence-electron chi connectivity index (χ3n) is 3.23. The van der Waals surface area contributed by atoms with Gasteiger partial charge in [0.25, 0.3) is 0 Å². The minimum absolute atomic E-state index is 0.179. The van der Waals surface area contributed by atoms with Crippen molar-refractivity contribution >= 4 is 11.9 Å². The highest BCUT2D eigenvalue weighted by Gasteiger charge is 2.22. The highest BCUT2D eigenvalue weighted by molar-refractivity contribution is 5.79. The summed E-state index contributed by atoms with van der Waals surface area (Å²) < 4.78 is 0. The predicted molar refractivity (Wildman–Crippen MR) is 79.3 cm³/mol. The van der Waals surface area contributed by atoms with Gasteiger partial charge in [0.15, 0.2) is 5.96 Å². The standard InChI is InChI=1S/C14H28N4O/c1-4-5-11-18(3)14(15-2)16-10-6-7-13(19)17-12-8-9-12/h12H,4-11H2,1-3H3,(H,15,16)(H,17,19). The van der Waals surface area contributed by atoms with Crippen molar-refractivity contribution in [3.8, 4) is 0 Å². The molecule has 0 aromatic rings. The Balaban J connectivity index is 2.09. The number of aliphatic imine (C=N–C) groups is 1. The third kappa shape index (κ3) is 7.03. The second-order valence-electron chi connectivity index (χ2n) is 5.19. The van der Waals surface area contributed by atoms with Crippen LogP contribution in [-0.4, -0.2) is 50.0 Å². The summed E-state index contributed by atoms with van der Waals surface area (Å²) in [5, 5.41) is 6.30. The SMILES string of the molecule is CCCCN(C)C(=NC)NCCCC(=O)NC1CC1. The van der Waals surface area contributed by atoms with Crippen LogP contribution in [0, 0.1) is 0 Å². The first-order chi connectivity index (χ1) is 9.17. The Hall–Kier alpha value is -1.26. The minimum atomic E-state index is 0.179. The second kappa shape index (κ2) is 8.77. The van der Waals surface area contributed by atoms with E-state index >= 15 is 0 Å². The van der Waals surface area contributed by atoms with Gasteiger partial charge in [0.2, 0.25) is 5.91 Å². The average molecular weight is 268 g/mol. The number of rotatable bonds is 8. The maximum atomic E-state index is 11.5. The number of amides is 1. The molecule has 5 nitrogen and oxygen atoms in total. The Morgan fingerprint density at radius 3 is 2.68 bits per heavy atom. The van der Waals surface area contributed by atoms with Crippen molar-refractivity contribution in [3.05, 3.63) is 0 Å². The summed E-state index contributed by atoms with van der Waals surface area (Å²) in [6.07, 6.45) is 6.10. The maximum absolute atomic E-state index is 11.5. The van der Waals surface area contributed by atoms with Crippen LogP contribution in [0.4, 0.5) is 0 Å². The molecule has 1 aliphatic rings. The summed E-state index contributed by atoms with van der Waals surface area (Å²) in [5.74, 6) is 1.09. The predicted octanol–water partition coefficient (Wildman–Crippen LogP) is 1.35. The number of unbranched alkanes of at least 4 members (excludes halogenated alkanes) is 1. The van der Waals surface area contributed by atoms with E-state index in [1.54, 1.807) is 7.05 Å². The molecule has 0 aromatic carbocycles. The molecule has 5 heteroatoms. The highest BCUT2D eigenvalue weighted by Crippen LogP contribution is 2.18. The number of hydrogen-bond acceptors (Lipinski definition) is 2. The maximum Gasteiger partial charge on any atom is 0.220 e. The van der Waals surface area contributed by atoms with Crippen LogP contribution in [-0.2, 0) is 4.79 Å². The van der Waals surface area contributed by atoms with Crippen molar-refractivity contribution in [1.29, 1.82) is 0 Å². The summed E-state index contributed by atoms with van der Waals surface area (Å²) in [4.78, 5) is 17.9. The van der Waals surface area contributed by atoms with Crippen molar-refractivity contribution < 1.29 is 4.79 Å². The number of hydrogen-bond donors (Lipinski definition) is 2. The zero-order chi connectivity index (χ0) is 14.1. The van der Waals surface area contributed by atoms with Gasteiger partial charge in [0, 0.05) is 39.6 Å². The monoisotopic (exact) mass is 268 g/mol. The molecule has 0 heterocycles. The van der Waals surface area contributed by atoms with E-state index in [0.29, 0.717) is 12.5 Å². The molecular formula is C14H28N4O. The van der Waals surface area contributed by atoms with Crippen LogP contribution < -0.4 is 10.6 Å². The third-order valence-corrected chi connectivity index (χ3v) is 3.23. The van der Waals surface area contributed by atoms with Gasteiger partial charge < -0.3 is 15.5 Å². The lowest BCUT2D eigenvalue weighted by Crippen LogP contribution is -2.40. The Labute approximate surface area is 116 Å². The van der Waals surface area contributed by atoms with Crippen molar-refractivity contribution in [2.24, 2.45) is 4.99 Å². The Morgan fingerprint density at radius 2 is 2.11 bits per heavy atom. The number of carbonyl (C=O) groups excluding carboxylic acids is 1. The topological polar surface area (TPSA) is 56.7 Å². The zero-order valence-corrected chi connectivity index (χ0v) is 12.5. The van der Waals surface area contributed by atoms with Crippen LogP contribution in [0.3, 0.4) is 0 Å². The molecule has 1 aliphatic carbocycles. The van der Waals surface area contributed by atoms with Gasteiger partial charge in [0.05, 0.1) is 0 Å². The van der Waals surface area contributed by atoms with Gasteiger partial charge in [-0.1, -0.05) is 13.3 Å². The molecule has 0 bridgehead atoms. The van der Waals surface area contributed by atoms with E-state index in [4.69, 9.17) is 0 Å². The summed E-state index contributed by atoms with van der Waals surface area (Å²) in [7, 11) is 3.84. The van der Waals surface area contributed by atoms with Crippen molar-refractivity contribution in [2.75, 3.05) is 27.2 Å². The van der Waals surface area contributed by atoms with Gasteiger partial charge >= 0.3 is 0 Å². The van der Waals surface area contributed by atoms with Crippen LogP contribution in [0.5, 0.6) is 0 Å². The van der Waals surface area contributed by atoms with Crippen LogP contribution in [0.2, 0.25) is 0 Å². The molecule has 0 radical (unpaired) electrons. The zero-order valence-electron chi connectivity index (χ0n) is 12.5. The Kier molecular flexibility index (Phi) is 7.30. The molecule has 0 aromatic heterocycles. The fourth-order valence-electron chi connectivity index (χ4n) is 1.86. The first-order valence-electron chi connectivity index (χ1n) is 7.38. The summed E-state index contributed by atoms with van der Waals surface area (Å²) >= 11 is 0. The van der Waals surface area contributed by atoms with Crippen LogP contribution in [0.15, 0.2) is 4.99 Å². The second-order valence-corrected chi connectivity index (χ2v) is 5.19. The van der Waals surface area contributed by atoms with E-state index in [0.717, 1.165) is 38.3 Å². The van der Waals surface area contributed by atoms with Crippen LogP contribution in [0.25, 0.3) is 0 Å². The smallest absolute Gasteiger partial charge is 0.220 e. The lowest BCUT2D eigenvalue weighted by molar-refractivity contribution is -0.121. The lowest BCUT2D eigenvalue weighted by Gasteiger charge is -2.21. The first kappa shape index (κ1) is 15.8. The van der Waals surface area contributed by atoms with E-state index in [9.17, 15) is 4.79 Å². The van der Waals surface area contributed by atoms with Crippen LogP contribution >= 0.6 is 0 Å². The summed E-state index contributed by atoms with van der Waals surface area (Å²) in [6.45, 7) is 3.99. The molecule has 1 rings (SSSR count). The average Bonchev–Trinajstić information content (AvgIpc) is 3.20. The summed E-state index contributed by atoms with van der Waals surface area (Å²) in [5.41, 5.74) is 0. The van der Waals surface area contributed by atoms with Crippen molar-refractivity contribution in [1.82, 2.24) is 15.5 Å². The molecule has 0 unspecified atom stereocenters. The number of nitrogens with zero attached hydrogens (tertiary/aromatic N) is 2. The van der Waals surface area contributed by atoms with Crippen molar-refractivity contribution in [3.63, 3.8) is 0 Å². The normalized spacial score (nSPS) is 15.2. The quantitative estimate of drug-likeness (QED) is 0.397. The Bertz CT molecular complexity index is 300. The van der Waals surface area contributed by atoms with Gasteiger partial charge in [-0.3, -0.25) is 9.79 Å². The molecule has 0 aliphatic heterocycles. The van der Waals surface area contributed by atoms with E-state index in [2.05, 4.69) is 27.4 Å². The minimum Gasteiger partial charge on any atom is -0.356 e. The van der Waals surface area contributed by atoms with E-state index in [1.165, 1.54) is 12.8 Å². The Morgan fingerprint density at radius 1 is 1.37 bits per heavy atom. The van der Waals surface area contributed by atoms with Gasteiger partial charge in [-0.05, 0) is 25.7 Å². The fourth-order valence-corrected chi connectivity index (χ4v) is 1.86. The summed E-state index contributed by atoms with van der Waals surface area (Å²) in [6, 6.07) is 0.466. The first-order valence-corrected chi connectivity index (χ1v) is 7.38. The highest BCUT2D eigenvalue weighted by atomic mass is 16.1. The molecule has 1 amide bonds. The molecule has 2 N–H and O–H groups in total. The molecule has 19 heavy (non-hydrogen) atoms. The molecular weight excluding hydrogens is 240 g/mol. The lowest BCUT2D eigenvalue weighted by atomic mass is 10.3. The fraction of sp³-hybridized carbons (Fsp3) is 0.857. The number of nitrogens with one attached hydrogen (secondary N) is 2. The molecule has 0 atom stereocenters. The van der Waals surface area contributed by atoms with Crippen molar-refractivity contribution in [2.45, 2.75) is 51.5 Å². The number of carbonyl (C=O) groups is 1. The van der Waals surface area contributed by atoms with E-state index in [1.807, 2.05) is 7.05 Å². The molecule has 1 saturated carbocycles. The molecule has 0 spiro atoms. The van der Waals surface area contributed by atoms with Gasteiger partial charge in [-0.25, -0.2) is 0 Å². The van der Waals surface area contributed by atoms with E-state index < -0.39 is 0 Å². The number of guanidine groups is 1. The molecule has 1 fully saturated rings. The van der Waals surface area contributed by atoms with E-state index in [-0.39, 0.29) is 5.91 Å². The van der Waals surface area contributed by atoms with Gasteiger partial charge in [0.1, 0.15) is 0 Å². The largest absolute Gasteiger partial charge is 0.356 e. The molecule has 0 saturated heterocycles. The van der Waals surface area contributed by atoms with Gasteiger partial charge in [-0.15, -0.1) is 0 Å². The van der Waals surface area contributed by atoms with Gasteiger partial charge in [-0.2, -0.15) is 0 Å².